The maximum absolute atomic E-state index is 4.72. The lowest BCUT2D eigenvalue weighted by Gasteiger charge is -2.17. The topological polar surface area (TPSA) is 33.1 Å². The Balaban J connectivity index is 1.98. The van der Waals surface area contributed by atoms with Crippen LogP contribution in [-0.2, 0) is 7.05 Å². The van der Waals surface area contributed by atoms with Crippen molar-refractivity contribution < 1.29 is 0 Å². The molecular formula is C13H18N4. The lowest BCUT2D eigenvalue weighted by atomic mass is 10.3. The molecule has 90 valence electrons. The average Bonchev–Trinajstić information content (AvgIpc) is 2.95. The maximum Gasteiger partial charge on any atom is 0.206 e. The fourth-order valence-electron chi connectivity index (χ4n) is 2.59. The molecule has 0 spiro atoms. The Morgan fingerprint density at radius 2 is 2.18 bits per heavy atom. The molecule has 4 nitrogen and oxygen atoms in total. The van der Waals surface area contributed by atoms with E-state index in [2.05, 4.69) is 40.0 Å². The Hall–Kier alpha value is -1.55. The van der Waals surface area contributed by atoms with E-state index in [1.807, 2.05) is 13.1 Å². The zero-order valence-electron chi connectivity index (χ0n) is 10.3. The Labute approximate surface area is 101 Å². The van der Waals surface area contributed by atoms with Gasteiger partial charge in [-0.1, -0.05) is 12.1 Å². The zero-order valence-corrected chi connectivity index (χ0v) is 10.3. The molecule has 0 aliphatic carbocycles. The number of hydrogen-bond acceptors (Lipinski definition) is 3. The van der Waals surface area contributed by atoms with E-state index in [9.17, 15) is 0 Å². The summed E-state index contributed by atoms with van der Waals surface area (Å²) in [5.74, 6) is 1.09. The molecule has 1 saturated heterocycles. The summed E-state index contributed by atoms with van der Waals surface area (Å²) in [5.41, 5.74) is 2.29. The predicted molar refractivity (Wildman–Crippen MR) is 70.4 cm³/mol. The molecule has 2 aromatic rings. The van der Waals surface area contributed by atoms with Crippen LogP contribution in [0.15, 0.2) is 24.3 Å². The number of aryl methyl sites for hydroxylation is 1. The van der Waals surface area contributed by atoms with E-state index in [0.717, 1.165) is 24.6 Å². The van der Waals surface area contributed by atoms with E-state index in [4.69, 9.17) is 4.98 Å². The summed E-state index contributed by atoms with van der Waals surface area (Å²) >= 11 is 0. The summed E-state index contributed by atoms with van der Waals surface area (Å²) in [6.45, 7) is 2.14. The molecule has 1 aromatic heterocycles. The van der Waals surface area contributed by atoms with Crippen molar-refractivity contribution in [1.29, 1.82) is 0 Å². The fourth-order valence-corrected chi connectivity index (χ4v) is 2.59. The number of nitrogens with zero attached hydrogens (tertiary/aromatic N) is 3. The molecule has 0 bridgehead atoms. The summed E-state index contributed by atoms with van der Waals surface area (Å²) < 4.78 is 2.19. The van der Waals surface area contributed by atoms with Gasteiger partial charge >= 0.3 is 0 Å². The van der Waals surface area contributed by atoms with Gasteiger partial charge in [-0.05, 0) is 25.6 Å². The van der Waals surface area contributed by atoms with E-state index in [1.54, 1.807) is 0 Å². The number of rotatable bonds is 2. The van der Waals surface area contributed by atoms with Gasteiger partial charge in [0.1, 0.15) is 0 Å². The molecule has 2 heterocycles. The van der Waals surface area contributed by atoms with Crippen molar-refractivity contribution in [3.05, 3.63) is 24.3 Å². The molecule has 1 aliphatic heterocycles. The second-order valence-corrected chi connectivity index (χ2v) is 4.68. The van der Waals surface area contributed by atoms with Crippen molar-refractivity contribution in [2.24, 2.45) is 7.05 Å². The normalized spacial score (nSPS) is 20.4. The van der Waals surface area contributed by atoms with Crippen molar-refractivity contribution in [3.8, 4) is 0 Å². The van der Waals surface area contributed by atoms with Crippen molar-refractivity contribution in [1.82, 2.24) is 14.9 Å². The minimum Gasteiger partial charge on any atom is -0.341 e. The van der Waals surface area contributed by atoms with E-state index >= 15 is 0 Å². The van der Waals surface area contributed by atoms with Gasteiger partial charge in [-0.15, -0.1) is 0 Å². The summed E-state index contributed by atoms with van der Waals surface area (Å²) in [6.07, 6.45) is 1.19. The highest BCUT2D eigenvalue weighted by Crippen LogP contribution is 2.23. The van der Waals surface area contributed by atoms with E-state index in [0.29, 0.717) is 6.04 Å². The van der Waals surface area contributed by atoms with Gasteiger partial charge in [0.15, 0.2) is 0 Å². The van der Waals surface area contributed by atoms with Crippen LogP contribution in [0.2, 0.25) is 0 Å². The SMILES string of the molecule is CNC1CCN(c2nc3ccccc3n2C)C1. The number of likely N-dealkylation sites (N-methyl/N-ethyl adjacent to an activating group) is 1. The third kappa shape index (κ3) is 1.69. The average molecular weight is 230 g/mol. The lowest BCUT2D eigenvalue weighted by molar-refractivity contribution is 0.615. The highest BCUT2D eigenvalue weighted by molar-refractivity contribution is 5.78. The molecule has 1 fully saturated rings. The number of para-hydroxylation sites is 2. The van der Waals surface area contributed by atoms with Gasteiger partial charge in [-0.25, -0.2) is 4.98 Å². The van der Waals surface area contributed by atoms with Crippen LogP contribution in [0.1, 0.15) is 6.42 Å². The van der Waals surface area contributed by atoms with Crippen LogP contribution in [0, 0.1) is 0 Å². The molecule has 1 aromatic carbocycles. The van der Waals surface area contributed by atoms with Crippen LogP contribution in [0.25, 0.3) is 11.0 Å². The molecular weight excluding hydrogens is 212 g/mol. The Bertz CT molecular complexity index is 531. The first-order chi connectivity index (χ1) is 8.29. The molecule has 1 aliphatic rings. The lowest BCUT2D eigenvalue weighted by Crippen LogP contribution is -2.30. The number of imidazole rings is 1. The van der Waals surface area contributed by atoms with Gasteiger partial charge in [0.05, 0.1) is 11.0 Å². The quantitative estimate of drug-likeness (QED) is 0.846. The van der Waals surface area contributed by atoms with E-state index in [-0.39, 0.29) is 0 Å². The molecule has 3 rings (SSSR count). The van der Waals surface area contributed by atoms with Gasteiger partial charge in [0.2, 0.25) is 5.95 Å². The summed E-state index contributed by atoms with van der Waals surface area (Å²) in [6, 6.07) is 8.89. The third-order valence-electron chi connectivity index (χ3n) is 3.64. The van der Waals surface area contributed by atoms with Gasteiger partial charge in [0, 0.05) is 26.2 Å². The van der Waals surface area contributed by atoms with Crippen molar-refractivity contribution in [3.63, 3.8) is 0 Å². The molecule has 0 radical (unpaired) electrons. The number of benzene rings is 1. The molecule has 0 amide bonds. The second-order valence-electron chi connectivity index (χ2n) is 4.68. The minimum absolute atomic E-state index is 0.592. The molecule has 0 saturated carbocycles. The van der Waals surface area contributed by atoms with Crippen molar-refractivity contribution in [2.75, 3.05) is 25.0 Å². The van der Waals surface area contributed by atoms with Gasteiger partial charge in [0.25, 0.3) is 0 Å². The predicted octanol–water partition coefficient (Wildman–Crippen LogP) is 1.37. The number of hydrogen-bond donors (Lipinski definition) is 1. The Kier molecular flexibility index (Phi) is 2.52. The van der Waals surface area contributed by atoms with Crippen molar-refractivity contribution >= 4 is 17.0 Å². The van der Waals surface area contributed by atoms with Crippen LogP contribution in [0.5, 0.6) is 0 Å². The van der Waals surface area contributed by atoms with Crippen LogP contribution in [-0.4, -0.2) is 35.7 Å². The van der Waals surface area contributed by atoms with Crippen LogP contribution in [0.3, 0.4) is 0 Å². The van der Waals surface area contributed by atoms with Crippen LogP contribution >= 0.6 is 0 Å². The van der Waals surface area contributed by atoms with Crippen LogP contribution in [0.4, 0.5) is 5.95 Å². The van der Waals surface area contributed by atoms with Gasteiger partial charge < -0.3 is 14.8 Å². The maximum atomic E-state index is 4.72. The highest BCUT2D eigenvalue weighted by atomic mass is 15.3. The number of fused-ring (bicyclic) bond motifs is 1. The van der Waals surface area contributed by atoms with Crippen molar-refractivity contribution in [2.45, 2.75) is 12.5 Å². The number of aromatic nitrogens is 2. The van der Waals surface area contributed by atoms with E-state index < -0.39 is 0 Å². The first-order valence-corrected chi connectivity index (χ1v) is 6.13. The molecule has 17 heavy (non-hydrogen) atoms. The molecule has 4 heteroatoms. The fraction of sp³-hybridized carbons (Fsp3) is 0.462. The smallest absolute Gasteiger partial charge is 0.206 e. The first kappa shape index (κ1) is 10.6. The van der Waals surface area contributed by atoms with E-state index in [1.165, 1.54) is 11.9 Å². The number of anilines is 1. The summed E-state index contributed by atoms with van der Waals surface area (Å²) in [5, 5.41) is 3.34. The Morgan fingerprint density at radius 1 is 1.35 bits per heavy atom. The number of nitrogens with one attached hydrogen (secondary N) is 1. The largest absolute Gasteiger partial charge is 0.341 e. The second kappa shape index (κ2) is 4.04. The molecule has 1 N–H and O–H groups in total. The molecule has 1 atom stereocenters. The molecule has 1 unspecified atom stereocenters. The Morgan fingerprint density at radius 3 is 2.88 bits per heavy atom. The summed E-state index contributed by atoms with van der Waals surface area (Å²) in [7, 11) is 4.13. The van der Waals surface area contributed by atoms with Crippen LogP contribution < -0.4 is 10.2 Å². The van der Waals surface area contributed by atoms with Gasteiger partial charge in [-0.2, -0.15) is 0 Å². The zero-order chi connectivity index (χ0) is 11.8. The minimum atomic E-state index is 0.592. The first-order valence-electron chi connectivity index (χ1n) is 6.13. The monoisotopic (exact) mass is 230 g/mol. The standard InChI is InChI=1S/C13H18N4/c1-14-10-7-8-17(9-10)13-15-11-5-3-4-6-12(11)16(13)2/h3-6,10,14H,7-9H2,1-2H3. The highest BCUT2D eigenvalue weighted by Gasteiger charge is 2.24. The van der Waals surface area contributed by atoms with Gasteiger partial charge in [-0.3, -0.25) is 0 Å². The third-order valence-corrected chi connectivity index (χ3v) is 3.64. The summed E-state index contributed by atoms with van der Waals surface area (Å²) in [4.78, 5) is 7.09.